The van der Waals surface area contributed by atoms with Gasteiger partial charge in [-0.05, 0) is 32.0 Å². The zero-order valence-electron chi connectivity index (χ0n) is 17.5. The molecule has 0 spiro atoms. The minimum Gasteiger partial charge on any atom is -0.490 e. The van der Waals surface area contributed by atoms with Gasteiger partial charge in [0.1, 0.15) is 24.0 Å². The molecule has 160 valence electrons. The van der Waals surface area contributed by atoms with Gasteiger partial charge in [0.2, 0.25) is 0 Å². The van der Waals surface area contributed by atoms with Gasteiger partial charge < -0.3 is 24.5 Å². The van der Waals surface area contributed by atoms with Crippen molar-refractivity contribution in [2.24, 2.45) is 0 Å². The van der Waals surface area contributed by atoms with Crippen molar-refractivity contribution < 1.29 is 14.2 Å². The fourth-order valence-corrected chi connectivity index (χ4v) is 4.47. The van der Waals surface area contributed by atoms with Crippen LogP contribution in [0.3, 0.4) is 0 Å². The molecule has 4 heterocycles. The van der Waals surface area contributed by atoms with Crippen LogP contribution in [0.2, 0.25) is 0 Å². The van der Waals surface area contributed by atoms with Crippen molar-refractivity contribution in [2.75, 3.05) is 36.6 Å². The molecule has 2 aromatic rings. The summed E-state index contributed by atoms with van der Waals surface area (Å²) in [6.45, 7) is 7.40. The number of anilines is 2. The van der Waals surface area contributed by atoms with Gasteiger partial charge >= 0.3 is 0 Å². The molecule has 30 heavy (non-hydrogen) atoms. The summed E-state index contributed by atoms with van der Waals surface area (Å²) in [6.07, 6.45) is 4.10. The molecule has 0 unspecified atom stereocenters. The van der Waals surface area contributed by atoms with Crippen molar-refractivity contribution in [3.8, 4) is 5.75 Å². The largest absolute Gasteiger partial charge is 0.490 e. The average molecular weight is 412 g/mol. The predicted molar refractivity (Wildman–Crippen MR) is 114 cm³/mol. The number of morpholine rings is 1. The summed E-state index contributed by atoms with van der Waals surface area (Å²) in [6, 6.07) is 8.21. The maximum absolute atomic E-state index is 6.22. The second-order valence-corrected chi connectivity index (χ2v) is 8.34. The zero-order chi connectivity index (χ0) is 20.5. The van der Waals surface area contributed by atoms with Crippen LogP contribution in [0, 0.1) is 0 Å². The molecule has 0 amide bonds. The van der Waals surface area contributed by atoms with Crippen LogP contribution < -0.4 is 20.5 Å². The first kappa shape index (κ1) is 19.5. The Morgan fingerprint density at radius 1 is 1.07 bits per heavy atom. The van der Waals surface area contributed by atoms with Gasteiger partial charge in [-0.1, -0.05) is 0 Å². The van der Waals surface area contributed by atoms with Crippen LogP contribution in [-0.4, -0.2) is 54.6 Å². The van der Waals surface area contributed by atoms with Gasteiger partial charge in [0.25, 0.3) is 0 Å². The predicted octanol–water partition coefficient (Wildman–Crippen LogP) is 2.67. The van der Waals surface area contributed by atoms with Crippen LogP contribution >= 0.6 is 0 Å². The molecule has 2 fully saturated rings. The average Bonchev–Trinajstić information content (AvgIpc) is 3.17. The van der Waals surface area contributed by atoms with Crippen LogP contribution in [0.4, 0.5) is 11.5 Å². The van der Waals surface area contributed by atoms with E-state index < -0.39 is 0 Å². The molecule has 2 N–H and O–H groups in total. The number of ether oxygens (including phenoxy) is 3. The normalized spacial score (nSPS) is 26.9. The van der Waals surface area contributed by atoms with Crippen LogP contribution in [0.25, 0.3) is 0 Å². The molecule has 1 aromatic carbocycles. The van der Waals surface area contributed by atoms with Crippen molar-refractivity contribution >= 4 is 11.5 Å². The summed E-state index contributed by atoms with van der Waals surface area (Å²) in [5, 5.41) is 0. The highest BCUT2D eigenvalue weighted by atomic mass is 16.5. The Balaban J connectivity index is 1.37. The number of hydrazine groups is 1. The van der Waals surface area contributed by atoms with E-state index in [1.54, 1.807) is 6.33 Å². The molecule has 5 rings (SSSR count). The molecule has 2 saturated heterocycles. The molecule has 8 nitrogen and oxygen atoms in total. The molecule has 8 heteroatoms. The van der Waals surface area contributed by atoms with Crippen LogP contribution in [0.1, 0.15) is 44.0 Å². The van der Waals surface area contributed by atoms with E-state index >= 15 is 0 Å². The van der Waals surface area contributed by atoms with Gasteiger partial charge in [0, 0.05) is 37.6 Å². The Labute approximate surface area is 176 Å². The van der Waals surface area contributed by atoms with Crippen molar-refractivity contribution in [1.82, 2.24) is 15.4 Å². The molecule has 3 aliphatic rings. The number of aromatic nitrogens is 2. The minimum absolute atomic E-state index is 0.0594. The first-order valence-corrected chi connectivity index (χ1v) is 10.8. The second kappa shape index (κ2) is 8.37. The number of benzene rings is 1. The van der Waals surface area contributed by atoms with E-state index in [0.29, 0.717) is 0 Å². The third kappa shape index (κ3) is 4.08. The molecular weight excluding hydrogens is 382 g/mol. The van der Waals surface area contributed by atoms with E-state index in [1.807, 2.05) is 6.07 Å². The number of fused-ring (bicyclic) bond motifs is 1. The Bertz CT molecular complexity index is 879. The number of nitrogens with one attached hydrogen (secondary N) is 2. The van der Waals surface area contributed by atoms with Gasteiger partial charge in [-0.3, -0.25) is 0 Å². The van der Waals surface area contributed by atoms with Gasteiger partial charge in [-0.2, -0.15) is 0 Å². The first-order chi connectivity index (χ1) is 14.7. The number of rotatable bonds is 4. The summed E-state index contributed by atoms with van der Waals surface area (Å²) in [4.78, 5) is 11.4. The maximum Gasteiger partial charge on any atom is 0.132 e. The summed E-state index contributed by atoms with van der Waals surface area (Å²) < 4.78 is 17.5. The SMILES string of the molecule is C[C@@H]1CN(c2cc([C@@H]3NNc4ccc(OC5CCOCC5)cc43)ncn2)C[C@H](C)O1. The summed E-state index contributed by atoms with van der Waals surface area (Å²) in [5.74, 6) is 1.83. The summed E-state index contributed by atoms with van der Waals surface area (Å²) in [5.41, 5.74) is 9.74. The molecule has 0 bridgehead atoms. The van der Waals surface area contributed by atoms with Gasteiger partial charge in [-0.25, -0.2) is 15.4 Å². The topological polar surface area (TPSA) is 80.8 Å². The lowest BCUT2D eigenvalue weighted by Gasteiger charge is -2.36. The van der Waals surface area contributed by atoms with Gasteiger partial charge in [-0.15, -0.1) is 0 Å². The highest BCUT2D eigenvalue weighted by Gasteiger charge is 2.28. The minimum atomic E-state index is -0.0594. The van der Waals surface area contributed by atoms with Crippen molar-refractivity contribution in [3.63, 3.8) is 0 Å². The molecule has 3 aliphatic heterocycles. The van der Waals surface area contributed by atoms with E-state index in [9.17, 15) is 0 Å². The Morgan fingerprint density at radius 2 is 1.87 bits per heavy atom. The Hall–Kier alpha value is -2.42. The van der Waals surface area contributed by atoms with E-state index in [1.165, 1.54) is 0 Å². The fraction of sp³-hybridized carbons (Fsp3) is 0.545. The van der Waals surface area contributed by atoms with Gasteiger partial charge in [0.15, 0.2) is 0 Å². The van der Waals surface area contributed by atoms with Crippen LogP contribution in [0.15, 0.2) is 30.6 Å². The van der Waals surface area contributed by atoms with E-state index in [2.05, 4.69) is 57.8 Å². The highest BCUT2D eigenvalue weighted by molar-refractivity contribution is 5.61. The number of hydrogen-bond acceptors (Lipinski definition) is 8. The lowest BCUT2D eigenvalue weighted by Crippen LogP contribution is -2.45. The maximum atomic E-state index is 6.22. The second-order valence-electron chi connectivity index (χ2n) is 8.34. The third-order valence-electron chi connectivity index (χ3n) is 5.87. The molecule has 0 radical (unpaired) electrons. The van der Waals surface area contributed by atoms with Crippen molar-refractivity contribution in [3.05, 3.63) is 41.9 Å². The Kier molecular flexibility index (Phi) is 5.45. The van der Waals surface area contributed by atoms with Gasteiger partial charge in [0.05, 0.1) is 42.8 Å². The molecule has 0 saturated carbocycles. The fourth-order valence-electron chi connectivity index (χ4n) is 4.47. The lowest BCUT2D eigenvalue weighted by molar-refractivity contribution is -0.00547. The van der Waals surface area contributed by atoms with Crippen LogP contribution in [0.5, 0.6) is 5.75 Å². The van der Waals surface area contributed by atoms with E-state index in [-0.39, 0.29) is 24.4 Å². The molecule has 1 aromatic heterocycles. The monoisotopic (exact) mass is 411 g/mol. The number of hydrogen-bond donors (Lipinski definition) is 2. The standard InChI is InChI=1S/C22H29N5O3/c1-14-11-27(12-15(2)29-14)21-10-20(23-13-24-21)22-18-9-17(3-4-19(18)25-26-22)30-16-5-7-28-8-6-16/h3-4,9-10,13-16,22,25-26H,5-8,11-12H2,1-2H3/t14-,15+,22-/m1/s1. The Morgan fingerprint density at radius 3 is 2.67 bits per heavy atom. The zero-order valence-corrected chi connectivity index (χ0v) is 17.5. The molecule has 3 atom stereocenters. The quantitative estimate of drug-likeness (QED) is 0.795. The molecular formula is C22H29N5O3. The first-order valence-electron chi connectivity index (χ1n) is 10.8. The van der Waals surface area contributed by atoms with Crippen LogP contribution in [-0.2, 0) is 9.47 Å². The smallest absolute Gasteiger partial charge is 0.132 e. The summed E-state index contributed by atoms with van der Waals surface area (Å²) in [7, 11) is 0. The van der Waals surface area contributed by atoms with Crippen molar-refractivity contribution in [1.29, 1.82) is 0 Å². The van der Waals surface area contributed by atoms with E-state index in [4.69, 9.17) is 14.2 Å². The number of nitrogens with zero attached hydrogens (tertiary/aromatic N) is 3. The summed E-state index contributed by atoms with van der Waals surface area (Å²) >= 11 is 0. The van der Waals surface area contributed by atoms with Crippen molar-refractivity contribution in [2.45, 2.75) is 51.0 Å². The highest BCUT2D eigenvalue weighted by Crippen LogP contribution is 2.36. The third-order valence-corrected chi connectivity index (χ3v) is 5.87. The molecule has 0 aliphatic carbocycles. The van der Waals surface area contributed by atoms with E-state index in [0.717, 1.165) is 67.7 Å². The lowest BCUT2D eigenvalue weighted by atomic mass is 10.0.